The topological polar surface area (TPSA) is 43.8 Å². The van der Waals surface area contributed by atoms with Crippen molar-refractivity contribution >= 4 is 29.3 Å². The fraction of sp³-hybridized carbons (Fsp3) is 0.350. The van der Waals surface area contributed by atoms with E-state index in [1.807, 2.05) is 24.3 Å². The number of rotatable bonds is 3. The molecule has 4 rings (SSSR count). The molecule has 0 spiro atoms. The Morgan fingerprint density at radius 3 is 1.65 bits per heavy atom. The maximum Gasteiger partial charge on any atom is 0.407 e. The van der Waals surface area contributed by atoms with Gasteiger partial charge in [0.15, 0.2) is 0 Å². The highest BCUT2D eigenvalue weighted by molar-refractivity contribution is 6.30. The van der Waals surface area contributed by atoms with Gasteiger partial charge in [-0.2, -0.15) is 0 Å². The van der Waals surface area contributed by atoms with Crippen LogP contribution in [-0.2, 0) is 0 Å². The van der Waals surface area contributed by atoms with E-state index in [1.165, 1.54) is 11.1 Å². The Hall–Kier alpha value is -1.75. The molecule has 2 unspecified atom stereocenters. The molecule has 2 fully saturated rings. The number of nitrogens with zero attached hydrogens (tertiary/aromatic N) is 2. The first kappa shape index (κ1) is 17.7. The van der Waals surface area contributed by atoms with Gasteiger partial charge < -0.3 is 10.0 Å². The Bertz CT molecular complexity index is 735. The summed E-state index contributed by atoms with van der Waals surface area (Å²) < 4.78 is 0. The maximum absolute atomic E-state index is 11.2. The SMILES string of the molecule is O=C(O)N1CC2CN(C(c3ccc(Cl)cc3)c3ccc(Cl)cc3)CC2C1. The molecule has 136 valence electrons. The molecule has 0 radical (unpaired) electrons. The van der Waals surface area contributed by atoms with E-state index in [0.717, 1.165) is 23.1 Å². The van der Waals surface area contributed by atoms with E-state index in [9.17, 15) is 9.90 Å². The quantitative estimate of drug-likeness (QED) is 0.830. The number of carbonyl (C=O) groups is 1. The Morgan fingerprint density at radius 1 is 0.846 bits per heavy atom. The van der Waals surface area contributed by atoms with E-state index in [2.05, 4.69) is 29.2 Å². The summed E-state index contributed by atoms with van der Waals surface area (Å²) in [6.07, 6.45) is -0.807. The van der Waals surface area contributed by atoms with Crippen LogP contribution in [0, 0.1) is 11.8 Å². The second-order valence-corrected chi connectivity index (χ2v) is 8.04. The van der Waals surface area contributed by atoms with Crippen molar-refractivity contribution in [3.05, 3.63) is 69.7 Å². The Labute approximate surface area is 162 Å². The third-order valence-corrected chi connectivity index (χ3v) is 6.03. The number of hydrogen-bond acceptors (Lipinski definition) is 2. The Kier molecular flexibility index (Phi) is 4.82. The average molecular weight is 391 g/mol. The highest BCUT2D eigenvalue weighted by Crippen LogP contribution is 2.39. The van der Waals surface area contributed by atoms with E-state index in [0.29, 0.717) is 24.9 Å². The number of amides is 1. The van der Waals surface area contributed by atoms with Crippen LogP contribution in [-0.4, -0.2) is 47.2 Å². The van der Waals surface area contributed by atoms with Crippen molar-refractivity contribution in [3.63, 3.8) is 0 Å². The highest BCUT2D eigenvalue weighted by atomic mass is 35.5. The lowest BCUT2D eigenvalue weighted by Gasteiger charge is -2.30. The molecule has 2 saturated heterocycles. The van der Waals surface area contributed by atoms with Gasteiger partial charge in [-0.05, 0) is 47.2 Å². The molecule has 0 bridgehead atoms. The predicted molar refractivity (Wildman–Crippen MR) is 103 cm³/mol. The molecule has 2 aliphatic heterocycles. The van der Waals surface area contributed by atoms with Crippen molar-refractivity contribution in [2.75, 3.05) is 26.2 Å². The van der Waals surface area contributed by atoms with Gasteiger partial charge in [0.1, 0.15) is 0 Å². The van der Waals surface area contributed by atoms with Gasteiger partial charge in [0.25, 0.3) is 0 Å². The van der Waals surface area contributed by atoms with Crippen LogP contribution in [0.5, 0.6) is 0 Å². The monoisotopic (exact) mass is 390 g/mol. The van der Waals surface area contributed by atoms with Crippen LogP contribution in [0.15, 0.2) is 48.5 Å². The van der Waals surface area contributed by atoms with Crippen LogP contribution in [0.2, 0.25) is 10.0 Å². The zero-order chi connectivity index (χ0) is 18.3. The van der Waals surface area contributed by atoms with Crippen LogP contribution in [0.25, 0.3) is 0 Å². The minimum absolute atomic E-state index is 0.119. The summed E-state index contributed by atoms with van der Waals surface area (Å²) in [5.74, 6) is 0.793. The van der Waals surface area contributed by atoms with Crippen molar-refractivity contribution in [1.82, 2.24) is 9.80 Å². The summed E-state index contributed by atoms with van der Waals surface area (Å²) in [5, 5.41) is 10.7. The molecule has 1 N–H and O–H groups in total. The van der Waals surface area contributed by atoms with Gasteiger partial charge in [0.05, 0.1) is 6.04 Å². The Balaban J connectivity index is 1.61. The summed E-state index contributed by atoms with van der Waals surface area (Å²) in [4.78, 5) is 15.2. The molecule has 0 aromatic heterocycles. The molecule has 4 nitrogen and oxygen atoms in total. The Morgan fingerprint density at radius 2 is 1.27 bits per heavy atom. The van der Waals surface area contributed by atoms with Crippen molar-refractivity contribution < 1.29 is 9.90 Å². The lowest BCUT2D eigenvalue weighted by atomic mass is 9.97. The maximum atomic E-state index is 11.2. The third-order valence-electron chi connectivity index (χ3n) is 5.52. The third kappa shape index (κ3) is 3.41. The minimum atomic E-state index is -0.807. The summed E-state index contributed by atoms with van der Waals surface area (Å²) in [6, 6.07) is 16.1. The molecular weight excluding hydrogens is 371 g/mol. The number of carboxylic acid groups (broad SMARTS) is 1. The van der Waals surface area contributed by atoms with E-state index in [4.69, 9.17) is 23.2 Å². The first-order valence-electron chi connectivity index (χ1n) is 8.74. The zero-order valence-electron chi connectivity index (χ0n) is 14.2. The lowest BCUT2D eigenvalue weighted by Crippen LogP contribution is -2.34. The average Bonchev–Trinajstić information content (AvgIpc) is 3.18. The standard InChI is InChI=1S/C20H20Cl2N2O2/c21-17-5-1-13(2-6-17)19(14-3-7-18(22)8-4-14)23-9-15-11-24(20(25)26)12-16(15)10-23/h1-8,15-16,19H,9-12H2,(H,25,26). The second kappa shape index (κ2) is 7.10. The molecule has 0 saturated carbocycles. The normalized spacial score (nSPS) is 22.8. The van der Waals surface area contributed by atoms with Gasteiger partial charge in [-0.3, -0.25) is 4.90 Å². The van der Waals surface area contributed by atoms with Crippen LogP contribution in [0.3, 0.4) is 0 Å². The first-order valence-corrected chi connectivity index (χ1v) is 9.49. The molecule has 2 heterocycles. The molecule has 2 aliphatic rings. The van der Waals surface area contributed by atoms with Gasteiger partial charge in [-0.25, -0.2) is 4.79 Å². The number of halogens is 2. The number of fused-ring (bicyclic) bond motifs is 1. The molecule has 2 aromatic rings. The van der Waals surface area contributed by atoms with Crippen molar-refractivity contribution in [2.24, 2.45) is 11.8 Å². The summed E-state index contributed by atoms with van der Waals surface area (Å²) in [7, 11) is 0. The van der Waals surface area contributed by atoms with Gasteiger partial charge in [0.2, 0.25) is 0 Å². The van der Waals surface area contributed by atoms with Gasteiger partial charge in [-0.15, -0.1) is 0 Å². The number of benzene rings is 2. The van der Waals surface area contributed by atoms with E-state index in [1.54, 1.807) is 4.90 Å². The fourth-order valence-corrected chi connectivity index (χ4v) is 4.55. The van der Waals surface area contributed by atoms with E-state index < -0.39 is 6.09 Å². The van der Waals surface area contributed by atoms with Gasteiger partial charge >= 0.3 is 6.09 Å². The van der Waals surface area contributed by atoms with Crippen LogP contribution in [0.1, 0.15) is 17.2 Å². The predicted octanol–water partition coefficient (Wildman–Crippen LogP) is 4.62. The van der Waals surface area contributed by atoms with Crippen molar-refractivity contribution in [1.29, 1.82) is 0 Å². The van der Waals surface area contributed by atoms with E-state index >= 15 is 0 Å². The first-order chi connectivity index (χ1) is 12.5. The van der Waals surface area contributed by atoms with Crippen molar-refractivity contribution in [3.8, 4) is 0 Å². The number of hydrogen-bond donors (Lipinski definition) is 1. The van der Waals surface area contributed by atoms with Crippen LogP contribution < -0.4 is 0 Å². The zero-order valence-corrected chi connectivity index (χ0v) is 15.7. The molecule has 2 aromatic carbocycles. The molecule has 26 heavy (non-hydrogen) atoms. The minimum Gasteiger partial charge on any atom is -0.465 e. The molecular formula is C20H20Cl2N2O2. The molecule has 0 aliphatic carbocycles. The smallest absolute Gasteiger partial charge is 0.407 e. The van der Waals surface area contributed by atoms with Gasteiger partial charge in [-0.1, -0.05) is 47.5 Å². The van der Waals surface area contributed by atoms with Crippen LogP contribution >= 0.6 is 23.2 Å². The summed E-state index contributed by atoms with van der Waals surface area (Å²) >= 11 is 12.1. The molecule has 6 heteroatoms. The fourth-order valence-electron chi connectivity index (χ4n) is 4.30. The lowest BCUT2D eigenvalue weighted by molar-refractivity contribution is 0.147. The molecule has 1 amide bonds. The van der Waals surface area contributed by atoms with Crippen molar-refractivity contribution in [2.45, 2.75) is 6.04 Å². The molecule has 2 atom stereocenters. The number of likely N-dealkylation sites (tertiary alicyclic amines) is 2. The largest absolute Gasteiger partial charge is 0.465 e. The van der Waals surface area contributed by atoms with Crippen LogP contribution in [0.4, 0.5) is 4.79 Å². The second-order valence-electron chi connectivity index (χ2n) is 7.17. The summed E-state index contributed by atoms with van der Waals surface area (Å²) in [5.41, 5.74) is 2.37. The van der Waals surface area contributed by atoms with E-state index in [-0.39, 0.29) is 6.04 Å². The van der Waals surface area contributed by atoms with Gasteiger partial charge in [0, 0.05) is 36.2 Å². The highest BCUT2D eigenvalue weighted by Gasteiger charge is 2.43. The summed E-state index contributed by atoms with van der Waals surface area (Å²) in [6.45, 7) is 3.05.